The van der Waals surface area contributed by atoms with Gasteiger partial charge in [0.2, 0.25) is 0 Å². The molecule has 8 atom stereocenters. The van der Waals surface area contributed by atoms with Crippen LogP contribution in [0.15, 0.2) is 12.4 Å². The number of hydrogen-bond donors (Lipinski definition) is 1. The van der Waals surface area contributed by atoms with Crippen LogP contribution in [0, 0.1) is 40.4 Å². The van der Waals surface area contributed by atoms with E-state index in [1.165, 1.54) is 19.3 Å². The summed E-state index contributed by atoms with van der Waals surface area (Å²) in [5.41, 5.74) is -0.121. The summed E-state index contributed by atoms with van der Waals surface area (Å²) in [6.07, 6.45) is 12.3. The summed E-state index contributed by atoms with van der Waals surface area (Å²) in [4.78, 5) is 13.5. The van der Waals surface area contributed by atoms with Gasteiger partial charge in [0.05, 0.1) is 31.1 Å². The van der Waals surface area contributed by atoms with E-state index in [1.54, 1.807) is 10.9 Å². The first kappa shape index (κ1) is 24.8. The van der Waals surface area contributed by atoms with Crippen LogP contribution < -0.4 is 4.74 Å². The van der Waals surface area contributed by atoms with Gasteiger partial charge in [0.15, 0.2) is 11.5 Å². The van der Waals surface area contributed by atoms with Crippen molar-refractivity contribution in [1.29, 1.82) is 0 Å². The molecule has 0 spiro atoms. The van der Waals surface area contributed by atoms with E-state index in [-0.39, 0.29) is 16.7 Å². The Balaban J connectivity index is 1.50. The molecule has 0 saturated heterocycles. The van der Waals surface area contributed by atoms with Gasteiger partial charge in [-0.05, 0) is 93.3 Å². The number of carbonyl (C=O) groups is 1. The summed E-state index contributed by atoms with van der Waals surface area (Å²) in [6, 6.07) is 0. The predicted molar refractivity (Wildman–Crippen MR) is 131 cm³/mol. The molecule has 33 heavy (non-hydrogen) atoms. The van der Waals surface area contributed by atoms with Crippen LogP contribution in [0.1, 0.15) is 92.9 Å². The fourth-order valence-corrected chi connectivity index (χ4v) is 8.48. The molecule has 5 nitrogen and oxygen atoms in total. The highest BCUT2D eigenvalue weighted by Gasteiger charge is 2.59. The monoisotopic (exact) mass is 458 g/mol. The first-order valence-electron chi connectivity index (χ1n) is 13.4. The summed E-state index contributed by atoms with van der Waals surface area (Å²) in [6.45, 7) is 14.6. The van der Waals surface area contributed by atoms with Crippen molar-refractivity contribution >= 4 is 5.78 Å². The first-order valence-corrected chi connectivity index (χ1v) is 13.4. The average molecular weight is 459 g/mol. The number of carbonyl (C=O) groups excluding carboxylic acids is 1. The zero-order valence-electron chi connectivity index (χ0n) is 21.8. The van der Waals surface area contributed by atoms with Crippen molar-refractivity contribution in [2.75, 3.05) is 6.61 Å². The van der Waals surface area contributed by atoms with Crippen LogP contribution in [0.5, 0.6) is 5.75 Å². The maximum atomic E-state index is 13.5. The van der Waals surface area contributed by atoms with Gasteiger partial charge in [-0.3, -0.25) is 9.48 Å². The van der Waals surface area contributed by atoms with Gasteiger partial charge in [-0.15, -0.1) is 0 Å². The third kappa shape index (κ3) is 4.39. The van der Waals surface area contributed by atoms with Crippen LogP contribution in [0.2, 0.25) is 0 Å². The SMILES string of the molecule is CCOc1cnn(CC(=O)[C@H]2CC[C@H]3[C@H](CC)[C@@H]([C@@]4(C)CC[C@@](C)(O)C[C@@H]4C)CC[C@]23C)c1. The van der Waals surface area contributed by atoms with Gasteiger partial charge in [-0.2, -0.15) is 5.10 Å². The Morgan fingerprint density at radius 2 is 1.85 bits per heavy atom. The zero-order valence-corrected chi connectivity index (χ0v) is 21.8. The second kappa shape index (κ2) is 9.02. The minimum absolute atomic E-state index is 0.101. The second-order valence-electron chi connectivity index (χ2n) is 12.3. The molecule has 0 bridgehead atoms. The number of rotatable bonds is 7. The number of fused-ring (bicyclic) bond motifs is 1. The fourth-order valence-electron chi connectivity index (χ4n) is 8.48. The molecule has 3 saturated carbocycles. The molecule has 1 heterocycles. The molecule has 3 fully saturated rings. The number of nitrogens with zero attached hydrogens (tertiary/aromatic N) is 2. The largest absolute Gasteiger partial charge is 0.491 e. The lowest BCUT2D eigenvalue weighted by Gasteiger charge is -2.58. The summed E-state index contributed by atoms with van der Waals surface area (Å²) in [5.74, 6) is 3.73. The molecule has 0 radical (unpaired) electrons. The lowest BCUT2D eigenvalue weighted by molar-refractivity contribution is -0.134. The Morgan fingerprint density at radius 1 is 1.12 bits per heavy atom. The molecule has 1 aromatic rings. The standard InChI is InChI=1S/C28H46N2O3/c1-7-21-22-9-10-24(25(31)18-30-17-20(16-29-30)33-8-2)28(22,6)12-11-23(21)27(5)14-13-26(4,32)15-19(27)3/h16-17,19,21-24,32H,7-15,18H2,1-6H3/t19-,21-,22-,23-,24+,26+,27-,28-/m0/s1. The van der Waals surface area contributed by atoms with Gasteiger partial charge in [0, 0.05) is 5.92 Å². The molecule has 186 valence electrons. The molecule has 0 aliphatic heterocycles. The highest BCUT2D eigenvalue weighted by Crippen LogP contribution is 2.65. The molecular formula is C28H46N2O3. The number of Topliss-reactive ketones (excluding diaryl/α,β-unsaturated/α-hetero) is 1. The van der Waals surface area contributed by atoms with Crippen LogP contribution in [0.25, 0.3) is 0 Å². The van der Waals surface area contributed by atoms with Crippen molar-refractivity contribution in [3.8, 4) is 5.75 Å². The number of aliphatic hydroxyl groups is 1. The minimum Gasteiger partial charge on any atom is -0.491 e. The maximum absolute atomic E-state index is 13.5. The Hall–Kier alpha value is -1.36. The van der Waals surface area contributed by atoms with Crippen LogP contribution in [0.4, 0.5) is 0 Å². The van der Waals surface area contributed by atoms with Gasteiger partial charge >= 0.3 is 0 Å². The number of hydrogen-bond acceptors (Lipinski definition) is 4. The Kier molecular flexibility index (Phi) is 6.76. The average Bonchev–Trinajstić information content (AvgIpc) is 3.33. The molecule has 3 aliphatic carbocycles. The van der Waals surface area contributed by atoms with Gasteiger partial charge in [0.1, 0.15) is 0 Å². The maximum Gasteiger partial charge on any atom is 0.157 e. The van der Waals surface area contributed by atoms with Crippen LogP contribution >= 0.6 is 0 Å². The molecule has 1 aromatic heterocycles. The highest BCUT2D eigenvalue weighted by molar-refractivity contribution is 5.82. The Bertz CT molecular complexity index is 848. The topological polar surface area (TPSA) is 64.4 Å². The van der Waals surface area contributed by atoms with E-state index < -0.39 is 5.60 Å². The molecule has 3 aliphatic rings. The summed E-state index contributed by atoms with van der Waals surface area (Å²) < 4.78 is 7.27. The third-order valence-electron chi connectivity index (χ3n) is 10.5. The van der Waals surface area contributed by atoms with Crippen LogP contribution in [-0.4, -0.2) is 32.9 Å². The number of ketones is 1. The lowest BCUT2D eigenvalue weighted by Crippen LogP contribution is -2.52. The van der Waals surface area contributed by atoms with Crippen LogP contribution in [0.3, 0.4) is 0 Å². The summed E-state index contributed by atoms with van der Waals surface area (Å²) >= 11 is 0. The molecule has 1 N–H and O–H groups in total. The third-order valence-corrected chi connectivity index (χ3v) is 10.5. The highest BCUT2D eigenvalue weighted by atomic mass is 16.5. The van der Waals surface area contributed by atoms with Gasteiger partial charge in [-0.1, -0.05) is 34.1 Å². The van der Waals surface area contributed by atoms with Crippen molar-refractivity contribution in [2.45, 2.75) is 105 Å². The molecular weight excluding hydrogens is 412 g/mol. The molecule has 0 unspecified atom stereocenters. The van der Waals surface area contributed by atoms with E-state index in [9.17, 15) is 9.90 Å². The minimum atomic E-state index is -0.511. The molecule has 0 aromatic carbocycles. The number of ether oxygens (including phenoxy) is 1. The van der Waals surface area contributed by atoms with Crippen LogP contribution in [-0.2, 0) is 11.3 Å². The normalized spacial score (nSPS) is 43.3. The van der Waals surface area contributed by atoms with Gasteiger partial charge in [0.25, 0.3) is 0 Å². The Labute approximate surface area is 200 Å². The molecule has 5 heteroatoms. The predicted octanol–water partition coefficient (Wildman–Crippen LogP) is 5.90. The van der Waals surface area contributed by atoms with E-state index in [1.807, 2.05) is 20.0 Å². The smallest absolute Gasteiger partial charge is 0.157 e. The molecule has 0 amide bonds. The van der Waals surface area contributed by atoms with E-state index in [4.69, 9.17) is 4.74 Å². The first-order chi connectivity index (χ1) is 15.5. The van der Waals surface area contributed by atoms with E-state index in [2.05, 4.69) is 32.8 Å². The van der Waals surface area contributed by atoms with Gasteiger partial charge < -0.3 is 9.84 Å². The summed E-state index contributed by atoms with van der Waals surface area (Å²) in [5, 5.41) is 15.0. The van der Waals surface area contributed by atoms with E-state index >= 15 is 0 Å². The number of aromatic nitrogens is 2. The summed E-state index contributed by atoms with van der Waals surface area (Å²) in [7, 11) is 0. The second-order valence-corrected chi connectivity index (χ2v) is 12.3. The van der Waals surface area contributed by atoms with Crippen molar-refractivity contribution < 1.29 is 14.6 Å². The molecule has 4 rings (SSSR count). The quantitative estimate of drug-likeness (QED) is 0.553. The zero-order chi connectivity index (χ0) is 24.0. The van der Waals surface area contributed by atoms with Gasteiger partial charge in [-0.25, -0.2) is 0 Å². The van der Waals surface area contributed by atoms with E-state index in [0.29, 0.717) is 42.6 Å². The Morgan fingerprint density at radius 3 is 2.52 bits per heavy atom. The fraction of sp³-hybridized carbons (Fsp3) is 0.857. The van der Waals surface area contributed by atoms with Crippen molar-refractivity contribution in [1.82, 2.24) is 9.78 Å². The van der Waals surface area contributed by atoms with E-state index in [0.717, 1.165) is 37.9 Å². The van der Waals surface area contributed by atoms with Crippen molar-refractivity contribution in [3.05, 3.63) is 12.4 Å². The lowest BCUT2D eigenvalue weighted by atomic mass is 9.47. The van der Waals surface area contributed by atoms with Crippen molar-refractivity contribution in [2.24, 2.45) is 40.4 Å². The van der Waals surface area contributed by atoms with Crippen molar-refractivity contribution in [3.63, 3.8) is 0 Å².